The van der Waals surface area contributed by atoms with E-state index >= 15 is 0 Å². The maximum absolute atomic E-state index is 13.8. The first kappa shape index (κ1) is 20.9. The van der Waals surface area contributed by atoms with Crippen LogP contribution >= 0.6 is 0 Å². The molecule has 1 atom stereocenters. The largest absolute Gasteiger partial charge is 0.494 e. The monoisotopic (exact) mass is 454 g/mol. The van der Waals surface area contributed by atoms with Crippen LogP contribution in [-0.4, -0.2) is 60.6 Å². The Kier molecular flexibility index (Phi) is 5.37. The van der Waals surface area contributed by atoms with Gasteiger partial charge in [0, 0.05) is 24.6 Å². The highest BCUT2D eigenvalue weighted by atomic mass is 19.1. The number of hydrogen-bond acceptors (Lipinski definition) is 6. The van der Waals surface area contributed by atoms with E-state index in [-0.39, 0.29) is 24.1 Å². The van der Waals surface area contributed by atoms with Gasteiger partial charge >= 0.3 is 11.6 Å². The number of H-pyrrole nitrogens is 1. The van der Waals surface area contributed by atoms with Crippen molar-refractivity contribution in [3.8, 4) is 11.8 Å². The Morgan fingerprint density at radius 1 is 1.27 bits per heavy atom. The van der Waals surface area contributed by atoms with Gasteiger partial charge in [0.15, 0.2) is 11.8 Å². The summed E-state index contributed by atoms with van der Waals surface area (Å²) in [4.78, 5) is 11.6. The molecule has 1 saturated heterocycles. The van der Waals surface area contributed by atoms with Gasteiger partial charge in [0.05, 0.1) is 24.5 Å². The second-order valence-corrected chi connectivity index (χ2v) is 7.92. The molecule has 9 nitrogen and oxygen atoms in total. The van der Waals surface area contributed by atoms with Gasteiger partial charge in [-0.15, -0.1) is 0 Å². The molecule has 4 heterocycles. The zero-order chi connectivity index (χ0) is 22.9. The third kappa shape index (κ3) is 4.34. The van der Waals surface area contributed by atoms with Crippen LogP contribution in [0.1, 0.15) is 17.5 Å². The topological polar surface area (TPSA) is 114 Å². The summed E-state index contributed by atoms with van der Waals surface area (Å²) in [5.41, 5.74) is 2.03. The number of hydrogen-bond donors (Lipinski definition) is 4. The molecule has 0 radical (unpaired) electrons. The number of halogens is 2. The molecule has 4 N–H and O–H groups in total. The molecule has 0 bridgehead atoms. The van der Waals surface area contributed by atoms with Gasteiger partial charge in [0.1, 0.15) is 12.0 Å². The Labute approximate surface area is 186 Å². The van der Waals surface area contributed by atoms with Crippen molar-refractivity contribution < 1.29 is 19.0 Å². The van der Waals surface area contributed by atoms with Crippen molar-refractivity contribution in [1.82, 2.24) is 29.1 Å². The Morgan fingerprint density at radius 2 is 2.15 bits per heavy atom. The number of rotatable bonds is 5. The second kappa shape index (κ2) is 8.49. The summed E-state index contributed by atoms with van der Waals surface area (Å²) in [6, 6.07) is 7.77. The number of aromatic hydroxyl groups is 2. The SMILES string of the molecule is Oc1cc(C=c2cnn3c(NCCc4cccc(F)c4)nc(=[N+]4CCC(F)C4)nc23)c(O)[nH]1. The van der Waals surface area contributed by atoms with E-state index in [1.807, 2.05) is 6.07 Å². The molecular weight excluding hydrogens is 432 g/mol. The Morgan fingerprint density at radius 3 is 2.88 bits per heavy atom. The first-order valence-corrected chi connectivity index (χ1v) is 10.5. The fraction of sp³-hybridized carbons (Fsp3) is 0.273. The number of anilines is 1. The minimum Gasteiger partial charge on any atom is -0.494 e. The number of nitrogens with zero attached hydrogens (tertiary/aromatic N) is 5. The summed E-state index contributed by atoms with van der Waals surface area (Å²) in [7, 11) is 0. The zero-order valence-electron chi connectivity index (χ0n) is 17.5. The van der Waals surface area contributed by atoms with Gasteiger partial charge in [0.25, 0.3) is 0 Å². The summed E-state index contributed by atoms with van der Waals surface area (Å²) in [6.45, 7) is 1.17. The highest BCUT2D eigenvalue weighted by Gasteiger charge is 2.24. The van der Waals surface area contributed by atoms with Gasteiger partial charge in [0.2, 0.25) is 5.65 Å². The number of aromatic amines is 1. The predicted octanol–water partition coefficient (Wildman–Crippen LogP) is 0.719. The number of fused-ring (bicyclic) bond motifs is 1. The molecule has 0 amide bonds. The Hall–Kier alpha value is -4.02. The lowest BCUT2D eigenvalue weighted by Crippen LogP contribution is -2.35. The maximum atomic E-state index is 13.8. The van der Waals surface area contributed by atoms with Gasteiger partial charge in [-0.25, -0.2) is 8.78 Å². The molecule has 0 aliphatic carbocycles. The molecule has 0 saturated carbocycles. The van der Waals surface area contributed by atoms with Crippen molar-refractivity contribution >= 4 is 17.7 Å². The number of alkyl halides is 1. The molecule has 1 aliphatic rings. The van der Waals surface area contributed by atoms with Crippen LogP contribution in [0.15, 0.2) is 36.5 Å². The minimum atomic E-state index is -0.940. The zero-order valence-corrected chi connectivity index (χ0v) is 17.5. The molecule has 3 aromatic heterocycles. The fourth-order valence-corrected chi connectivity index (χ4v) is 3.87. The van der Waals surface area contributed by atoms with E-state index in [0.717, 1.165) is 5.56 Å². The summed E-state index contributed by atoms with van der Waals surface area (Å²) in [5.74, 6) is -0.236. The van der Waals surface area contributed by atoms with Crippen LogP contribution in [-0.2, 0) is 6.42 Å². The van der Waals surface area contributed by atoms with Crippen LogP contribution in [0.4, 0.5) is 14.7 Å². The standard InChI is InChI=1S/C22H21F2N7O2/c23-16-3-1-2-13(8-16)4-6-25-21-29-22(30-7-5-17(24)12-30)28-19-15(11-26-31(19)21)9-14-10-18(32)27-20(14)33/h1-3,8-11,17H,4-7,12H2,(H3,25,26,27,28,29,32,33)/p+1. The fourth-order valence-electron chi connectivity index (χ4n) is 3.87. The highest BCUT2D eigenvalue weighted by Crippen LogP contribution is 2.21. The van der Waals surface area contributed by atoms with Crippen LogP contribution in [0.5, 0.6) is 11.8 Å². The normalized spacial score (nSPS) is 18.4. The molecule has 4 aromatic rings. The average molecular weight is 454 g/mol. The van der Waals surface area contributed by atoms with E-state index < -0.39 is 6.17 Å². The maximum Gasteiger partial charge on any atom is 0.434 e. The summed E-state index contributed by atoms with van der Waals surface area (Å²) < 4.78 is 30.6. The van der Waals surface area contributed by atoms with Crippen LogP contribution in [0.2, 0.25) is 0 Å². The van der Waals surface area contributed by atoms with E-state index in [9.17, 15) is 19.0 Å². The van der Waals surface area contributed by atoms with Gasteiger partial charge < -0.3 is 15.5 Å². The summed E-state index contributed by atoms with van der Waals surface area (Å²) in [5, 5.41) is 27.7. The average Bonchev–Trinajstić information content (AvgIpc) is 3.47. The summed E-state index contributed by atoms with van der Waals surface area (Å²) in [6.07, 6.45) is 3.22. The predicted molar refractivity (Wildman–Crippen MR) is 117 cm³/mol. The van der Waals surface area contributed by atoms with Crippen molar-refractivity contribution in [2.75, 3.05) is 25.0 Å². The molecule has 33 heavy (non-hydrogen) atoms. The molecular formula is C22H22F2N7O2+. The van der Waals surface area contributed by atoms with Gasteiger partial charge in [-0.05, 0) is 40.2 Å². The number of nitrogens with one attached hydrogen (secondary N) is 2. The van der Waals surface area contributed by atoms with Gasteiger partial charge in [-0.3, -0.25) is 9.56 Å². The number of benzene rings is 1. The lowest BCUT2D eigenvalue weighted by Gasteiger charge is -2.04. The smallest absolute Gasteiger partial charge is 0.434 e. The van der Waals surface area contributed by atoms with E-state index in [0.29, 0.717) is 53.9 Å². The third-order valence-corrected chi connectivity index (χ3v) is 5.51. The Bertz CT molecular complexity index is 1450. The Balaban J connectivity index is 1.56. The van der Waals surface area contributed by atoms with Crippen LogP contribution in [0.3, 0.4) is 0 Å². The van der Waals surface area contributed by atoms with Crippen molar-refractivity contribution in [2.24, 2.45) is 0 Å². The van der Waals surface area contributed by atoms with Gasteiger partial charge in [-0.2, -0.15) is 9.61 Å². The molecule has 170 valence electrons. The highest BCUT2D eigenvalue weighted by molar-refractivity contribution is 5.61. The molecule has 1 fully saturated rings. The van der Waals surface area contributed by atoms with E-state index in [1.54, 1.807) is 22.9 Å². The van der Waals surface area contributed by atoms with E-state index in [1.165, 1.54) is 22.7 Å². The van der Waals surface area contributed by atoms with Crippen molar-refractivity contribution in [3.63, 3.8) is 0 Å². The van der Waals surface area contributed by atoms with Crippen LogP contribution in [0.25, 0.3) is 11.7 Å². The van der Waals surface area contributed by atoms with Crippen molar-refractivity contribution in [1.29, 1.82) is 0 Å². The minimum absolute atomic E-state index is 0.170. The molecule has 1 unspecified atom stereocenters. The third-order valence-electron chi connectivity index (χ3n) is 5.51. The quantitative estimate of drug-likeness (QED) is 0.331. The molecule has 1 aliphatic heterocycles. The lowest BCUT2D eigenvalue weighted by atomic mass is 10.1. The molecule has 5 rings (SSSR count). The van der Waals surface area contributed by atoms with Crippen LogP contribution in [0, 0.1) is 5.82 Å². The number of aromatic nitrogens is 5. The molecule has 1 aromatic carbocycles. The van der Waals surface area contributed by atoms with Crippen molar-refractivity contribution in [3.05, 3.63) is 64.3 Å². The van der Waals surface area contributed by atoms with E-state index in [4.69, 9.17) is 0 Å². The lowest BCUT2D eigenvalue weighted by molar-refractivity contribution is 0.356. The first-order valence-electron chi connectivity index (χ1n) is 10.5. The van der Waals surface area contributed by atoms with E-state index in [2.05, 4.69) is 25.4 Å². The first-order chi connectivity index (χ1) is 16.0. The van der Waals surface area contributed by atoms with Gasteiger partial charge in [-0.1, -0.05) is 12.1 Å². The molecule has 0 spiro atoms. The summed E-state index contributed by atoms with van der Waals surface area (Å²) >= 11 is 0. The second-order valence-electron chi connectivity index (χ2n) is 7.92. The van der Waals surface area contributed by atoms with Crippen molar-refractivity contribution in [2.45, 2.75) is 19.0 Å². The molecule has 11 heteroatoms. The van der Waals surface area contributed by atoms with Crippen LogP contribution < -0.4 is 20.7 Å².